The second-order valence-corrected chi connectivity index (χ2v) is 5.76. The number of primary amides is 1. The lowest BCUT2D eigenvalue weighted by molar-refractivity contribution is 0.100. The molecule has 3 N–H and O–H groups in total. The van der Waals surface area contributed by atoms with E-state index in [1.54, 1.807) is 24.3 Å². The van der Waals surface area contributed by atoms with E-state index < -0.39 is 11.5 Å². The first-order valence-electron chi connectivity index (χ1n) is 6.63. The SMILES string of the molecule is NC(=O)c1[c]ccc2c(Cc3ccc(Cl)cc3Cl)n[nH]c(=O)c12. The number of H-pyrrole nitrogens is 1. The molecule has 0 aliphatic heterocycles. The molecule has 1 radical (unpaired) electrons. The van der Waals surface area contributed by atoms with Gasteiger partial charge in [0.2, 0.25) is 5.91 Å². The molecule has 0 aliphatic carbocycles. The summed E-state index contributed by atoms with van der Waals surface area (Å²) >= 11 is 12.1. The van der Waals surface area contributed by atoms with Crippen LogP contribution in [-0.2, 0) is 6.42 Å². The zero-order chi connectivity index (χ0) is 16.6. The van der Waals surface area contributed by atoms with Gasteiger partial charge in [-0.3, -0.25) is 9.59 Å². The standard InChI is InChI=1S/C16H10Cl2N3O2/c17-9-5-4-8(12(18)7-9)6-13-10-2-1-3-11(15(19)22)14(10)16(23)21-20-13/h1-2,4-5,7H,6H2,(H2,19,22)(H,21,23). The summed E-state index contributed by atoms with van der Waals surface area (Å²) in [7, 11) is 0. The number of hydrogen-bond donors (Lipinski definition) is 2. The molecule has 2 aromatic carbocycles. The molecule has 3 rings (SSSR count). The fourth-order valence-corrected chi connectivity index (χ4v) is 2.86. The lowest BCUT2D eigenvalue weighted by Crippen LogP contribution is -2.19. The van der Waals surface area contributed by atoms with Crippen molar-refractivity contribution in [1.29, 1.82) is 0 Å². The Bertz CT molecular complexity index is 983. The predicted octanol–water partition coefficient (Wildman–Crippen LogP) is 2.72. The first kappa shape index (κ1) is 15.5. The smallest absolute Gasteiger partial charge is 0.272 e. The lowest BCUT2D eigenvalue weighted by Gasteiger charge is -2.08. The van der Waals surface area contributed by atoms with Gasteiger partial charge < -0.3 is 5.73 Å². The molecule has 23 heavy (non-hydrogen) atoms. The Hall–Kier alpha value is -2.37. The monoisotopic (exact) mass is 346 g/mol. The molecule has 0 unspecified atom stereocenters. The van der Waals surface area contributed by atoms with E-state index in [9.17, 15) is 9.59 Å². The highest BCUT2D eigenvalue weighted by atomic mass is 35.5. The molecule has 0 bridgehead atoms. The van der Waals surface area contributed by atoms with E-state index in [1.807, 2.05) is 0 Å². The molecule has 0 saturated heterocycles. The number of aromatic nitrogens is 2. The van der Waals surface area contributed by atoms with Crippen molar-refractivity contribution in [2.75, 3.05) is 0 Å². The summed E-state index contributed by atoms with van der Waals surface area (Å²) < 4.78 is 0. The van der Waals surface area contributed by atoms with Crippen molar-refractivity contribution in [3.63, 3.8) is 0 Å². The van der Waals surface area contributed by atoms with Gasteiger partial charge in [0, 0.05) is 21.9 Å². The molecule has 0 fully saturated rings. The molecule has 0 spiro atoms. The Morgan fingerprint density at radius 3 is 2.78 bits per heavy atom. The summed E-state index contributed by atoms with van der Waals surface area (Å²) in [5, 5.41) is 8.20. The number of fused-ring (bicyclic) bond motifs is 1. The van der Waals surface area contributed by atoms with Crippen LogP contribution in [0.3, 0.4) is 0 Å². The van der Waals surface area contributed by atoms with Gasteiger partial charge in [0.15, 0.2) is 0 Å². The van der Waals surface area contributed by atoms with E-state index in [0.29, 0.717) is 27.5 Å². The van der Waals surface area contributed by atoms with Crippen molar-refractivity contribution < 1.29 is 4.79 Å². The van der Waals surface area contributed by atoms with Crippen molar-refractivity contribution in [3.8, 4) is 0 Å². The molecule has 0 aliphatic rings. The minimum absolute atomic E-state index is 0.0367. The van der Waals surface area contributed by atoms with Crippen LogP contribution in [-0.4, -0.2) is 16.1 Å². The van der Waals surface area contributed by atoms with Gasteiger partial charge in [0.1, 0.15) is 0 Å². The highest BCUT2D eigenvalue weighted by Crippen LogP contribution is 2.25. The molecular formula is C16H10Cl2N3O2. The number of amides is 1. The maximum atomic E-state index is 12.0. The summed E-state index contributed by atoms with van der Waals surface area (Å²) in [6.07, 6.45) is 0.367. The maximum Gasteiger partial charge on any atom is 0.272 e. The zero-order valence-corrected chi connectivity index (χ0v) is 13.2. The number of nitrogens with zero attached hydrogens (tertiary/aromatic N) is 1. The molecule has 3 aromatic rings. The Morgan fingerprint density at radius 1 is 1.30 bits per heavy atom. The van der Waals surface area contributed by atoms with Gasteiger partial charge in [-0.05, 0) is 23.8 Å². The number of benzene rings is 2. The van der Waals surface area contributed by atoms with E-state index in [0.717, 1.165) is 5.56 Å². The third-order valence-electron chi connectivity index (χ3n) is 3.45. The summed E-state index contributed by atoms with van der Waals surface area (Å²) in [6.45, 7) is 0. The number of aromatic amines is 1. The van der Waals surface area contributed by atoms with Crippen molar-refractivity contribution >= 4 is 39.9 Å². The Balaban J connectivity index is 2.19. The van der Waals surface area contributed by atoms with Gasteiger partial charge in [0.25, 0.3) is 5.56 Å². The van der Waals surface area contributed by atoms with Crippen molar-refractivity contribution in [2.45, 2.75) is 6.42 Å². The van der Waals surface area contributed by atoms with E-state index in [-0.39, 0.29) is 10.9 Å². The minimum Gasteiger partial charge on any atom is -0.366 e. The van der Waals surface area contributed by atoms with Gasteiger partial charge in [-0.15, -0.1) is 0 Å². The first-order valence-corrected chi connectivity index (χ1v) is 7.38. The van der Waals surface area contributed by atoms with Gasteiger partial charge in [-0.25, -0.2) is 5.10 Å². The van der Waals surface area contributed by atoms with Gasteiger partial charge >= 0.3 is 0 Å². The second kappa shape index (κ2) is 6.02. The number of nitrogens with one attached hydrogen (secondary N) is 1. The van der Waals surface area contributed by atoms with Gasteiger partial charge in [-0.1, -0.05) is 41.4 Å². The number of carbonyl (C=O) groups excluding carboxylic acids is 1. The van der Waals surface area contributed by atoms with Crippen LogP contribution in [0.4, 0.5) is 0 Å². The largest absolute Gasteiger partial charge is 0.366 e. The molecule has 1 amide bonds. The maximum absolute atomic E-state index is 12.0. The van der Waals surface area contributed by atoms with Crippen LogP contribution in [0.5, 0.6) is 0 Å². The predicted molar refractivity (Wildman–Crippen MR) is 89.0 cm³/mol. The number of halogens is 2. The Labute approximate surface area is 141 Å². The van der Waals surface area contributed by atoms with Crippen molar-refractivity contribution in [2.24, 2.45) is 5.73 Å². The van der Waals surface area contributed by atoms with E-state index in [1.165, 1.54) is 6.07 Å². The second-order valence-electron chi connectivity index (χ2n) is 4.92. The Kier molecular flexibility index (Phi) is 4.07. The molecule has 0 saturated carbocycles. The van der Waals surface area contributed by atoms with Gasteiger partial charge in [-0.2, -0.15) is 5.10 Å². The fourth-order valence-electron chi connectivity index (χ4n) is 2.38. The summed E-state index contributed by atoms with van der Waals surface area (Å²) in [6, 6.07) is 11.0. The van der Waals surface area contributed by atoms with E-state index >= 15 is 0 Å². The van der Waals surface area contributed by atoms with Crippen LogP contribution >= 0.6 is 23.2 Å². The van der Waals surface area contributed by atoms with E-state index in [4.69, 9.17) is 28.9 Å². The molecule has 1 aromatic heterocycles. The fraction of sp³-hybridized carbons (Fsp3) is 0.0625. The summed E-state index contributed by atoms with van der Waals surface area (Å²) in [5.74, 6) is -0.720. The Morgan fingerprint density at radius 2 is 2.09 bits per heavy atom. The van der Waals surface area contributed by atoms with Gasteiger partial charge in [0.05, 0.1) is 16.6 Å². The first-order chi connectivity index (χ1) is 11.0. The van der Waals surface area contributed by atoms with Crippen LogP contribution < -0.4 is 11.3 Å². The quantitative estimate of drug-likeness (QED) is 0.763. The minimum atomic E-state index is -0.720. The summed E-state index contributed by atoms with van der Waals surface area (Å²) in [4.78, 5) is 23.5. The topological polar surface area (TPSA) is 88.8 Å². The van der Waals surface area contributed by atoms with Crippen LogP contribution in [0.25, 0.3) is 10.8 Å². The van der Waals surface area contributed by atoms with Crippen molar-refractivity contribution in [3.05, 3.63) is 73.6 Å². The van der Waals surface area contributed by atoms with Crippen molar-refractivity contribution in [1.82, 2.24) is 10.2 Å². The van der Waals surface area contributed by atoms with Crippen LogP contribution in [0.2, 0.25) is 10.0 Å². The highest BCUT2D eigenvalue weighted by molar-refractivity contribution is 6.35. The average Bonchev–Trinajstić information content (AvgIpc) is 2.52. The molecule has 7 heteroatoms. The van der Waals surface area contributed by atoms with Crippen LogP contribution in [0.15, 0.2) is 35.1 Å². The number of rotatable bonds is 3. The molecule has 1 heterocycles. The normalized spacial score (nSPS) is 10.9. The summed E-state index contributed by atoms with van der Waals surface area (Å²) in [5.41, 5.74) is 6.23. The molecular weight excluding hydrogens is 337 g/mol. The number of hydrogen-bond acceptors (Lipinski definition) is 3. The van der Waals surface area contributed by atoms with Crippen LogP contribution in [0, 0.1) is 6.07 Å². The molecule has 5 nitrogen and oxygen atoms in total. The number of nitrogens with two attached hydrogens (primary N) is 1. The average molecular weight is 347 g/mol. The van der Waals surface area contributed by atoms with E-state index in [2.05, 4.69) is 16.3 Å². The van der Waals surface area contributed by atoms with Crippen LogP contribution in [0.1, 0.15) is 21.6 Å². The third-order valence-corrected chi connectivity index (χ3v) is 4.03. The lowest BCUT2D eigenvalue weighted by atomic mass is 10.0. The molecule has 115 valence electrons. The highest BCUT2D eigenvalue weighted by Gasteiger charge is 2.15. The third kappa shape index (κ3) is 2.93. The zero-order valence-electron chi connectivity index (χ0n) is 11.7. The number of carbonyl (C=O) groups is 1. The molecule has 0 atom stereocenters.